The molecule has 0 saturated heterocycles. The number of rotatable bonds is 12. The lowest BCUT2D eigenvalue weighted by Gasteiger charge is -2.11. The van der Waals surface area contributed by atoms with Crippen molar-refractivity contribution in [2.45, 2.75) is 25.9 Å². The Labute approximate surface area is 364 Å². The van der Waals surface area contributed by atoms with Crippen LogP contribution in [0.3, 0.4) is 0 Å². The minimum atomic E-state index is -0.377. The van der Waals surface area contributed by atoms with Crippen LogP contribution in [0, 0.1) is 0 Å². The van der Waals surface area contributed by atoms with E-state index in [0.29, 0.717) is 58.9 Å². The molecule has 0 aliphatic carbocycles. The summed E-state index contributed by atoms with van der Waals surface area (Å²) in [6.45, 7) is 0.774. The van der Waals surface area contributed by atoms with Crippen LogP contribution in [-0.2, 0) is 25.9 Å². The number of fused-ring (bicyclic) bond motifs is 2. The minimum Gasteiger partial charge on any atom is -0.504 e. The topological polar surface area (TPSA) is 213 Å². The van der Waals surface area contributed by atoms with Gasteiger partial charge in [-0.2, -0.15) is 4.80 Å². The first-order valence-corrected chi connectivity index (χ1v) is 20.0. The first-order valence-electron chi connectivity index (χ1n) is 20.0. The monoisotopic (exact) mass is 844 g/mol. The molecule has 0 saturated carbocycles. The van der Waals surface area contributed by atoms with Gasteiger partial charge in [-0.15, -0.1) is 15.3 Å². The van der Waals surface area contributed by atoms with Crippen LogP contribution in [0.25, 0.3) is 21.8 Å². The molecule has 0 amide bonds. The number of aromatic nitrogens is 12. The average molecular weight is 845 g/mol. The van der Waals surface area contributed by atoms with Crippen molar-refractivity contribution in [3.63, 3.8) is 0 Å². The number of ketones is 2. The molecule has 312 valence electrons. The highest BCUT2D eigenvalue weighted by Crippen LogP contribution is 2.29. The number of hydrogen-bond donors (Lipinski definition) is 2. The van der Waals surface area contributed by atoms with Gasteiger partial charge in [-0.3, -0.25) is 19.6 Å². The standard InChI is InChI=1S/2C24H18N6O2/c31-23(22-24(32)21-19(13-26-22)7-4-8-25-21)20-11-17(9-16-5-2-1-3-6-16)10-18(12-20)14-30-15-27-28-29-30;31-23(22-24(32)21-19(13-26-22)7-4-8-25-21)20-11-17(9-16-5-2-1-3-6-16)10-18(12-20)14-30-28-15-27-29-30/h2*1-8,10-13,15,32H,9,14H2. The van der Waals surface area contributed by atoms with E-state index in [4.69, 9.17) is 0 Å². The van der Waals surface area contributed by atoms with Gasteiger partial charge in [0.2, 0.25) is 11.6 Å². The lowest BCUT2D eigenvalue weighted by Crippen LogP contribution is -2.09. The van der Waals surface area contributed by atoms with Gasteiger partial charge in [-0.1, -0.05) is 72.8 Å². The Hall–Kier alpha value is -8.92. The number of nitrogens with zero attached hydrogens (tertiary/aromatic N) is 12. The summed E-state index contributed by atoms with van der Waals surface area (Å²) in [6, 6.07) is 38.3. The fraction of sp³-hybridized carbons (Fsp3) is 0.0833. The molecule has 16 nitrogen and oxygen atoms in total. The maximum Gasteiger partial charge on any atom is 0.215 e. The molecule has 0 fully saturated rings. The van der Waals surface area contributed by atoms with Gasteiger partial charge in [-0.05, 0) is 110 Å². The Bertz CT molecular complexity index is 3020. The molecule has 0 bridgehead atoms. The second-order valence-electron chi connectivity index (χ2n) is 14.8. The Kier molecular flexibility index (Phi) is 11.6. The van der Waals surface area contributed by atoms with E-state index in [1.165, 1.54) is 17.5 Å². The molecular weight excluding hydrogens is 809 g/mol. The van der Waals surface area contributed by atoms with Gasteiger partial charge in [-0.25, -0.2) is 14.6 Å². The molecule has 0 radical (unpaired) electrons. The van der Waals surface area contributed by atoms with Crippen molar-refractivity contribution in [1.29, 1.82) is 0 Å². The Morgan fingerprint density at radius 3 is 1.52 bits per heavy atom. The van der Waals surface area contributed by atoms with Crippen molar-refractivity contribution in [2.24, 2.45) is 0 Å². The van der Waals surface area contributed by atoms with Crippen LogP contribution in [0.2, 0.25) is 0 Å². The molecule has 0 aliphatic rings. The second-order valence-corrected chi connectivity index (χ2v) is 14.8. The molecule has 10 aromatic rings. The number of carbonyl (C=O) groups is 2. The van der Waals surface area contributed by atoms with Gasteiger partial charge in [0, 0.05) is 46.7 Å². The zero-order valence-corrected chi connectivity index (χ0v) is 33.9. The minimum absolute atomic E-state index is 0.0265. The van der Waals surface area contributed by atoms with Crippen molar-refractivity contribution >= 4 is 33.4 Å². The summed E-state index contributed by atoms with van der Waals surface area (Å²) in [5.41, 5.74) is 7.37. The Balaban J connectivity index is 0.000000162. The predicted octanol–water partition coefficient (Wildman–Crippen LogP) is 6.38. The number of pyridine rings is 4. The maximum atomic E-state index is 13.4. The lowest BCUT2D eigenvalue weighted by atomic mass is 9.96. The number of hydrogen-bond acceptors (Lipinski definition) is 14. The number of carbonyl (C=O) groups excluding carboxylic acids is 2. The highest BCUT2D eigenvalue weighted by Gasteiger charge is 2.21. The average Bonchev–Trinajstić information content (AvgIpc) is 4.05. The molecule has 0 aliphatic heterocycles. The summed E-state index contributed by atoms with van der Waals surface area (Å²) in [5.74, 6) is -1.19. The van der Waals surface area contributed by atoms with E-state index >= 15 is 0 Å². The lowest BCUT2D eigenvalue weighted by molar-refractivity contribution is 0.102. The molecule has 64 heavy (non-hydrogen) atoms. The molecule has 6 heterocycles. The van der Waals surface area contributed by atoms with Gasteiger partial charge in [0.15, 0.2) is 29.2 Å². The molecule has 0 spiro atoms. The van der Waals surface area contributed by atoms with E-state index in [2.05, 4.69) is 50.9 Å². The maximum absolute atomic E-state index is 13.4. The van der Waals surface area contributed by atoms with E-state index in [1.807, 2.05) is 84.9 Å². The molecule has 2 N–H and O–H groups in total. The number of tetrazole rings is 2. The van der Waals surface area contributed by atoms with Crippen LogP contribution >= 0.6 is 0 Å². The third kappa shape index (κ3) is 9.20. The SMILES string of the molecule is O=C(c1cc(Cc2ccccc2)cc(Cn2cnnn2)c1)c1ncc2cccnc2c1O.O=C(c1cc(Cc2ccccc2)cc(Cn2ncnn2)c1)c1ncc2cccnc2c1O. The Morgan fingerprint density at radius 2 is 1.03 bits per heavy atom. The van der Waals surface area contributed by atoms with E-state index < -0.39 is 0 Å². The Morgan fingerprint density at radius 1 is 0.516 bits per heavy atom. The largest absolute Gasteiger partial charge is 0.504 e. The molecule has 10 rings (SSSR count). The quantitative estimate of drug-likeness (QED) is 0.128. The van der Waals surface area contributed by atoms with Crippen molar-refractivity contribution in [3.05, 3.63) is 215 Å². The van der Waals surface area contributed by atoms with E-state index in [0.717, 1.165) is 33.4 Å². The van der Waals surface area contributed by atoms with Crippen LogP contribution in [-0.4, -0.2) is 82.1 Å². The van der Waals surface area contributed by atoms with Crippen LogP contribution < -0.4 is 0 Å². The highest BCUT2D eigenvalue weighted by molar-refractivity contribution is 6.12. The van der Waals surface area contributed by atoms with Gasteiger partial charge in [0.25, 0.3) is 0 Å². The predicted molar refractivity (Wildman–Crippen MR) is 234 cm³/mol. The second kappa shape index (κ2) is 18.4. The van der Waals surface area contributed by atoms with Crippen molar-refractivity contribution in [1.82, 2.24) is 60.4 Å². The van der Waals surface area contributed by atoms with Crippen LogP contribution in [0.5, 0.6) is 11.5 Å². The van der Waals surface area contributed by atoms with Crippen molar-refractivity contribution in [2.75, 3.05) is 0 Å². The van der Waals surface area contributed by atoms with Gasteiger partial charge in [0.05, 0.1) is 13.1 Å². The summed E-state index contributed by atoms with van der Waals surface area (Å²) in [6.07, 6.45) is 10.4. The fourth-order valence-electron chi connectivity index (χ4n) is 7.36. The first kappa shape index (κ1) is 40.5. The molecule has 0 unspecified atom stereocenters. The molecular formula is C48H36N12O4. The third-order valence-electron chi connectivity index (χ3n) is 10.3. The highest BCUT2D eigenvalue weighted by atomic mass is 16.3. The smallest absolute Gasteiger partial charge is 0.215 e. The van der Waals surface area contributed by atoms with Crippen LogP contribution in [0.1, 0.15) is 65.5 Å². The number of aromatic hydroxyl groups is 2. The molecule has 16 heteroatoms. The zero-order chi connectivity index (χ0) is 43.8. The summed E-state index contributed by atoms with van der Waals surface area (Å²) < 4.78 is 1.59. The zero-order valence-electron chi connectivity index (χ0n) is 33.9. The molecule has 0 atom stereocenters. The van der Waals surface area contributed by atoms with E-state index in [1.54, 1.807) is 65.9 Å². The van der Waals surface area contributed by atoms with Gasteiger partial charge in [0.1, 0.15) is 17.4 Å². The van der Waals surface area contributed by atoms with Crippen LogP contribution in [0.4, 0.5) is 0 Å². The summed E-state index contributed by atoms with van der Waals surface area (Å²) in [7, 11) is 0. The number of benzene rings is 4. The first-order chi connectivity index (χ1) is 31.3. The van der Waals surface area contributed by atoms with Gasteiger partial charge >= 0.3 is 0 Å². The van der Waals surface area contributed by atoms with E-state index in [-0.39, 0.29) is 34.5 Å². The third-order valence-corrected chi connectivity index (χ3v) is 10.3. The van der Waals surface area contributed by atoms with Crippen molar-refractivity contribution < 1.29 is 19.8 Å². The van der Waals surface area contributed by atoms with E-state index in [9.17, 15) is 19.8 Å². The van der Waals surface area contributed by atoms with Crippen LogP contribution in [0.15, 0.2) is 159 Å². The molecule has 6 aromatic heterocycles. The normalized spacial score (nSPS) is 11.0. The fourth-order valence-corrected chi connectivity index (χ4v) is 7.36. The summed E-state index contributed by atoms with van der Waals surface area (Å²) >= 11 is 0. The summed E-state index contributed by atoms with van der Waals surface area (Å²) in [4.78, 5) is 45.0. The van der Waals surface area contributed by atoms with Crippen molar-refractivity contribution in [3.8, 4) is 11.5 Å². The summed E-state index contributed by atoms with van der Waals surface area (Å²) in [5, 5.41) is 45.7. The molecule has 4 aromatic carbocycles. The van der Waals surface area contributed by atoms with Gasteiger partial charge < -0.3 is 10.2 Å².